The van der Waals surface area contributed by atoms with E-state index in [-0.39, 0.29) is 30.3 Å². The Bertz CT molecular complexity index is 1040. The third-order valence-electron chi connectivity index (χ3n) is 6.40. The third kappa shape index (κ3) is 5.14. The highest BCUT2D eigenvalue weighted by Crippen LogP contribution is 2.35. The molecule has 2 unspecified atom stereocenters. The van der Waals surface area contributed by atoms with E-state index in [0.29, 0.717) is 26.0 Å². The van der Waals surface area contributed by atoms with Gasteiger partial charge in [-0.3, -0.25) is 14.5 Å². The second kappa shape index (κ2) is 10.3. The minimum absolute atomic E-state index is 0.103. The van der Waals surface area contributed by atoms with Crippen molar-refractivity contribution >= 4 is 17.6 Å². The number of hydrogen-bond acceptors (Lipinski definition) is 5. The van der Waals surface area contributed by atoms with Crippen LogP contribution in [0.2, 0.25) is 0 Å². The average Bonchev–Trinajstić information content (AvgIpc) is 3.26. The highest BCUT2D eigenvalue weighted by molar-refractivity contribution is 6.03. The Hall–Kier alpha value is -3.06. The van der Waals surface area contributed by atoms with Gasteiger partial charge >= 0.3 is 5.97 Å². The molecule has 2 aliphatic rings. The van der Waals surface area contributed by atoms with Crippen molar-refractivity contribution < 1.29 is 18.7 Å². The number of amides is 1. The number of rotatable bonds is 6. The number of aryl methyl sites for hydroxylation is 1. The van der Waals surface area contributed by atoms with Gasteiger partial charge in [0, 0.05) is 6.42 Å². The Morgan fingerprint density at radius 3 is 2.61 bits per heavy atom. The molecule has 174 valence electrons. The molecule has 2 atom stereocenters. The highest BCUT2D eigenvalue weighted by atomic mass is 19.1. The second-order valence-electron chi connectivity index (χ2n) is 8.60. The molecule has 0 spiro atoms. The summed E-state index contributed by atoms with van der Waals surface area (Å²) in [6.07, 6.45) is 3.12. The summed E-state index contributed by atoms with van der Waals surface area (Å²) in [7, 11) is 0. The van der Waals surface area contributed by atoms with E-state index in [4.69, 9.17) is 9.84 Å². The monoisotopic (exact) mass is 451 g/mol. The SMILES string of the molecule is CCOC(=O)C1CCCCN1CC(=O)N1N=C(c2ccc(F)cc2)CC1c1ccccc1C. The maximum Gasteiger partial charge on any atom is 0.323 e. The number of nitrogens with zero attached hydrogens (tertiary/aromatic N) is 3. The first kappa shape index (κ1) is 23.1. The van der Waals surface area contributed by atoms with E-state index in [2.05, 4.69) is 0 Å². The van der Waals surface area contributed by atoms with E-state index in [1.807, 2.05) is 36.1 Å². The maximum absolute atomic E-state index is 13.5. The molecule has 1 saturated heterocycles. The quantitative estimate of drug-likeness (QED) is 0.617. The fourth-order valence-electron chi connectivity index (χ4n) is 4.69. The van der Waals surface area contributed by atoms with E-state index in [9.17, 15) is 14.0 Å². The van der Waals surface area contributed by atoms with E-state index < -0.39 is 6.04 Å². The zero-order valence-electron chi connectivity index (χ0n) is 19.2. The van der Waals surface area contributed by atoms with Gasteiger partial charge in [-0.15, -0.1) is 0 Å². The van der Waals surface area contributed by atoms with Crippen molar-refractivity contribution in [2.24, 2.45) is 5.10 Å². The van der Waals surface area contributed by atoms with E-state index in [0.717, 1.165) is 35.2 Å². The summed E-state index contributed by atoms with van der Waals surface area (Å²) in [6, 6.07) is 13.5. The molecule has 33 heavy (non-hydrogen) atoms. The molecule has 7 heteroatoms. The molecule has 1 amide bonds. The normalized spacial score (nSPS) is 21.1. The standard InChI is InChI=1S/C26H30FN3O3/c1-3-33-26(32)23-10-6-7-15-29(23)17-25(31)30-24(21-9-5-4-8-18(21)2)16-22(28-30)19-11-13-20(27)14-12-19/h4-5,8-9,11-14,23-24H,3,6-7,10,15-17H2,1-2H3. The zero-order chi connectivity index (χ0) is 23.4. The molecule has 0 aliphatic carbocycles. The smallest absolute Gasteiger partial charge is 0.323 e. The van der Waals surface area contributed by atoms with Crippen molar-refractivity contribution in [3.8, 4) is 0 Å². The molecule has 0 bridgehead atoms. The lowest BCUT2D eigenvalue weighted by Crippen LogP contribution is -2.49. The third-order valence-corrected chi connectivity index (χ3v) is 6.40. The molecule has 2 aliphatic heterocycles. The van der Waals surface area contributed by atoms with Gasteiger partial charge in [0.2, 0.25) is 0 Å². The average molecular weight is 452 g/mol. The Morgan fingerprint density at radius 2 is 1.88 bits per heavy atom. The van der Waals surface area contributed by atoms with Crippen LogP contribution in [0.3, 0.4) is 0 Å². The number of carbonyl (C=O) groups is 2. The molecule has 0 N–H and O–H groups in total. The second-order valence-corrected chi connectivity index (χ2v) is 8.60. The lowest BCUT2D eigenvalue weighted by molar-refractivity contribution is -0.152. The number of carbonyl (C=O) groups excluding carboxylic acids is 2. The maximum atomic E-state index is 13.5. The number of hydrazone groups is 1. The predicted molar refractivity (Wildman–Crippen MR) is 124 cm³/mol. The molecule has 4 rings (SSSR count). The Kier molecular flexibility index (Phi) is 7.18. The number of ether oxygens (including phenoxy) is 1. The van der Waals surface area contributed by atoms with Gasteiger partial charge in [0.25, 0.3) is 5.91 Å². The van der Waals surface area contributed by atoms with Crippen molar-refractivity contribution in [2.75, 3.05) is 19.7 Å². The topological polar surface area (TPSA) is 62.2 Å². The van der Waals surface area contributed by atoms with Crippen LogP contribution in [-0.2, 0) is 14.3 Å². The summed E-state index contributed by atoms with van der Waals surface area (Å²) < 4.78 is 18.7. The van der Waals surface area contributed by atoms with E-state index in [1.54, 1.807) is 24.1 Å². The van der Waals surface area contributed by atoms with Gasteiger partial charge < -0.3 is 4.74 Å². The molecule has 0 aromatic heterocycles. The van der Waals surface area contributed by atoms with Crippen molar-refractivity contribution in [2.45, 2.75) is 51.6 Å². The Morgan fingerprint density at radius 1 is 1.12 bits per heavy atom. The lowest BCUT2D eigenvalue weighted by atomic mass is 9.95. The van der Waals surface area contributed by atoms with Crippen molar-refractivity contribution in [3.05, 3.63) is 71.0 Å². The van der Waals surface area contributed by atoms with Crippen LogP contribution in [-0.4, -0.2) is 53.2 Å². The molecular weight excluding hydrogens is 421 g/mol. The molecule has 1 fully saturated rings. The number of benzene rings is 2. The molecule has 2 aromatic carbocycles. The van der Waals surface area contributed by atoms with Crippen LogP contribution >= 0.6 is 0 Å². The van der Waals surface area contributed by atoms with Crippen LogP contribution in [0.25, 0.3) is 0 Å². The molecule has 6 nitrogen and oxygen atoms in total. The van der Waals surface area contributed by atoms with Gasteiger partial charge in [0.15, 0.2) is 0 Å². The molecule has 0 saturated carbocycles. The number of piperidine rings is 1. The fraction of sp³-hybridized carbons (Fsp3) is 0.423. The molecular formula is C26H30FN3O3. The van der Waals surface area contributed by atoms with Crippen LogP contribution in [0, 0.1) is 12.7 Å². The summed E-state index contributed by atoms with van der Waals surface area (Å²) in [6.45, 7) is 4.91. The van der Waals surface area contributed by atoms with Crippen LogP contribution < -0.4 is 0 Å². The van der Waals surface area contributed by atoms with Gasteiger partial charge in [-0.05, 0) is 62.1 Å². The fourth-order valence-corrected chi connectivity index (χ4v) is 4.69. The molecule has 0 radical (unpaired) electrons. The van der Waals surface area contributed by atoms with Crippen LogP contribution in [0.15, 0.2) is 53.6 Å². The first-order valence-electron chi connectivity index (χ1n) is 11.6. The number of likely N-dealkylation sites (tertiary alicyclic amines) is 1. The largest absolute Gasteiger partial charge is 0.465 e. The molecule has 2 heterocycles. The van der Waals surface area contributed by atoms with Crippen molar-refractivity contribution in [3.63, 3.8) is 0 Å². The summed E-state index contributed by atoms with van der Waals surface area (Å²) in [5.74, 6) is -0.732. The minimum atomic E-state index is -0.400. The van der Waals surface area contributed by atoms with Gasteiger partial charge in [0.05, 0.1) is 24.9 Å². The first-order chi connectivity index (χ1) is 16.0. The van der Waals surface area contributed by atoms with Gasteiger partial charge in [-0.25, -0.2) is 9.40 Å². The summed E-state index contributed by atoms with van der Waals surface area (Å²) in [5.41, 5.74) is 3.66. The number of esters is 1. The minimum Gasteiger partial charge on any atom is -0.465 e. The molecule has 2 aromatic rings. The van der Waals surface area contributed by atoms with Crippen LogP contribution in [0.5, 0.6) is 0 Å². The van der Waals surface area contributed by atoms with Gasteiger partial charge in [-0.1, -0.05) is 42.8 Å². The van der Waals surface area contributed by atoms with E-state index in [1.165, 1.54) is 12.1 Å². The summed E-state index contributed by atoms with van der Waals surface area (Å²) in [4.78, 5) is 27.9. The van der Waals surface area contributed by atoms with Crippen LogP contribution in [0.1, 0.15) is 55.3 Å². The van der Waals surface area contributed by atoms with Gasteiger partial charge in [-0.2, -0.15) is 5.10 Å². The summed E-state index contributed by atoms with van der Waals surface area (Å²) in [5, 5.41) is 6.25. The lowest BCUT2D eigenvalue weighted by Gasteiger charge is -2.34. The first-order valence-corrected chi connectivity index (χ1v) is 11.6. The summed E-state index contributed by atoms with van der Waals surface area (Å²) >= 11 is 0. The Balaban J connectivity index is 1.60. The Labute approximate surface area is 194 Å². The number of hydrogen-bond donors (Lipinski definition) is 0. The number of halogens is 1. The van der Waals surface area contributed by atoms with Gasteiger partial charge in [0.1, 0.15) is 11.9 Å². The highest BCUT2D eigenvalue weighted by Gasteiger charge is 2.37. The van der Waals surface area contributed by atoms with Crippen molar-refractivity contribution in [1.82, 2.24) is 9.91 Å². The van der Waals surface area contributed by atoms with Crippen LogP contribution in [0.4, 0.5) is 4.39 Å². The van der Waals surface area contributed by atoms with Crippen molar-refractivity contribution in [1.29, 1.82) is 0 Å². The zero-order valence-corrected chi connectivity index (χ0v) is 19.2. The predicted octanol–water partition coefficient (Wildman–Crippen LogP) is 4.23. The van der Waals surface area contributed by atoms with E-state index >= 15 is 0 Å².